The highest BCUT2D eigenvalue weighted by Gasteiger charge is 2.60. The normalized spacial score (nSPS) is 30.5. The van der Waals surface area contributed by atoms with Gasteiger partial charge in [-0.3, -0.25) is 15.0 Å². The molecule has 0 radical (unpaired) electrons. The number of nitro groups is 1. The summed E-state index contributed by atoms with van der Waals surface area (Å²) in [7, 11) is 0. The van der Waals surface area contributed by atoms with E-state index in [4.69, 9.17) is 14.7 Å². The van der Waals surface area contributed by atoms with Gasteiger partial charge in [-0.1, -0.05) is 0 Å². The van der Waals surface area contributed by atoms with E-state index in [9.17, 15) is 20.3 Å². The summed E-state index contributed by atoms with van der Waals surface area (Å²) in [5.41, 5.74) is -1.19. The smallest absolute Gasteiger partial charge is 0.310 e. The Bertz CT molecular complexity index is 1100. The Morgan fingerprint density at radius 2 is 1.68 bits per heavy atom. The molecule has 31 heavy (non-hydrogen) atoms. The van der Waals surface area contributed by atoms with Crippen molar-refractivity contribution in [3.8, 4) is 29.1 Å². The van der Waals surface area contributed by atoms with Crippen LogP contribution in [0.15, 0.2) is 36.4 Å². The van der Waals surface area contributed by atoms with Crippen molar-refractivity contribution in [1.29, 1.82) is 5.26 Å². The number of rotatable bonds is 5. The summed E-state index contributed by atoms with van der Waals surface area (Å²) in [6, 6.07) is 10.7. The van der Waals surface area contributed by atoms with Crippen LogP contribution in [0.3, 0.4) is 0 Å². The number of hydrogen-bond donors (Lipinski definition) is 2. The molecule has 4 aliphatic rings. The Balaban J connectivity index is 1.41. The Morgan fingerprint density at radius 3 is 2.19 bits per heavy atom. The second-order valence-electron chi connectivity index (χ2n) is 8.89. The molecule has 160 valence electrons. The van der Waals surface area contributed by atoms with Gasteiger partial charge in [0.15, 0.2) is 5.75 Å². The zero-order valence-electron chi connectivity index (χ0n) is 16.7. The molecule has 4 atom stereocenters. The molecule has 4 bridgehead atoms. The van der Waals surface area contributed by atoms with Crippen molar-refractivity contribution >= 4 is 5.69 Å². The second-order valence-corrected chi connectivity index (χ2v) is 8.89. The SMILES string of the molecule is N#Cc1ccc(O[C@@]23C[C@H]4CN(C2)C[C@](Oc2ccc([N+](=O)[O-])c(O)c2)(C4)C3)cc1O. The van der Waals surface area contributed by atoms with Gasteiger partial charge < -0.3 is 19.7 Å². The first-order valence-electron chi connectivity index (χ1n) is 10.1. The van der Waals surface area contributed by atoms with Gasteiger partial charge in [-0.05, 0) is 37.0 Å². The average Bonchev–Trinajstić information content (AvgIpc) is 2.66. The number of phenols is 2. The highest BCUT2D eigenvalue weighted by atomic mass is 16.6. The summed E-state index contributed by atoms with van der Waals surface area (Å²) in [4.78, 5) is 12.6. The summed E-state index contributed by atoms with van der Waals surface area (Å²) >= 11 is 0. The predicted molar refractivity (Wildman–Crippen MR) is 108 cm³/mol. The molecule has 4 fully saturated rings. The van der Waals surface area contributed by atoms with Crippen LogP contribution in [0.4, 0.5) is 5.69 Å². The average molecular weight is 423 g/mol. The number of benzene rings is 2. The van der Waals surface area contributed by atoms with E-state index < -0.39 is 21.9 Å². The fourth-order valence-corrected chi connectivity index (χ4v) is 5.70. The molecule has 9 heteroatoms. The van der Waals surface area contributed by atoms with Gasteiger partial charge in [0, 0.05) is 44.3 Å². The summed E-state index contributed by atoms with van der Waals surface area (Å²) in [6.45, 7) is 2.41. The van der Waals surface area contributed by atoms with E-state index in [-0.39, 0.29) is 17.0 Å². The van der Waals surface area contributed by atoms with E-state index in [1.807, 2.05) is 6.07 Å². The van der Waals surface area contributed by atoms with Crippen molar-refractivity contribution in [3.63, 3.8) is 0 Å². The molecule has 0 spiro atoms. The van der Waals surface area contributed by atoms with Crippen LogP contribution in [-0.4, -0.2) is 50.9 Å². The van der Waals surface area contributed by atoms with Crippen molar-refractivity contribution in [2.24, 2.45) is 5.92 Å². The van der Waals surface area contributed by atoms with Crippen molar-refractivity contribution < 1.29 is 24.6 Å². The molecular formula is C22H21N3O6. The summed E-state index contributed by atoms with van der Waals surface area (Å²) in [5.74, 6) is 0.721. The topological polar surface area (TPSA) is 129 Å². The van der Waals surface area contributed by atoms with Crippen LogP contribution in [0.5, 0.6) is 23.0 Å². The molecule has 1 saturated carbocycles. The number of phenolic OH excluding ortho intramolecular Hbond substituents is 2. The number of ether oxygens (including phenoxy) is 2. The molecular weight excluding hydrogens is 402 g/mol. The molecule has 3 heterocycles. The molecule has 6 rings (SSSR count). The van der Waals surface area contributed by atoms with Crippen molar-refractivity contribution in [2.45, 2.75) is 30.5 Å². The number of hydrogen-bond acceptors (Lipinski definition) is 8. The molecule has 2 N–H and O–H groups in total. The third kappa shape index (κ3) is 3.39. The summed E-state index contributed by atoms with van der Waals surface area (Å²) in [6.07, 6.45) is 2.32. The maximum absolute atomic E-state index is 11.0. The molecule has 0 aromatic heterocycles. The van der Waals surface area contributed by atoms with E-state index >= 15 is 0 Å². The first kappa shape index (κ1) is 19.5. The Kier molecular flexibility index (Phi) is 4.24. The van der Waals surface area contributed by atoms with Gasteiger partial charge in [0.2, 0.25) is 0 Å². The van der Waals surface area contributed by atoms with Gasteiger partial charge >= 0.3 is 5.69 Å². The number of nitrogens with zero attached hydrogens (tertiary/aromatic N) is 3. The van der Waals surface area contributed by atoms with Crippen LogP contribution in [0.2, 0.25) is 0 Å². The first-order chi connectivity index (χ1) is 14.8. The van der Waals surface area contributed by atoms with E-state index in [1.54, 1.807) is 6.07 Å². The molecule has 3 aliphatic heterocycles. The van der Waals surface area contributed by atoms with Gasteiger partial charge in [-0.15, -0.1) is 0 Å². The van der Waals surface area contributed by atoms with E-state index in [0.717, 1.165) is 25.9 Å². The highest BCUT2D eigenvalue weighted by molar-refractivity contribution is 5.50. The van der Waals surface area contributed by atoms with E-state index in [1.165, 1.54) is 30.3 Å². The van der Waals surface area contributed by atoms with Gasteiger partial charge in [0.05, 0.1) is 10.5 Å². The van der Waals surface area contributed by atoms with Crippen LogP contribution in [-0.2, 0) is 0 Å². The first-order valence-corrected chi connectivity index (χ1v) is 10.1. The highest BCUT2D eigenvalue weighted by Crippen LogP contribution is 2.52. The lowest BCUT2D eigenvalue weighted by molar-refractivity contribution is -0.385. The van der Waals surface area contributed by atoms with Crippen LogP contribution in [0, 0.1) is 27.4 Å². The number of piperidine rings is 3. The maximum atomic E-state index is 11.0. The third-order valence-electron chi connectivity index (χ3n) is 6.41. The van der Waals surface area contributed by atoms with Crippen molar-refractivity contribution in [1.82, 2.24) is 4.90 Å². The van der Waals surface area contributed by atoms with Gasteiger partial charge in [-0.2, -0.15) is 5.26 Å². The molecule has 3 saturated heterocycles. The van der Waals surface area contributed by atoms with Crippen LogP contribution in [0.25, 0.3) is 0 Å². The Labute approximate surface area is 178 Å². The van der Waals surface area contributed by atoms with Gasteiger partial charge in [0.1, 0.15) is 34.5 Å². The monoisotopic (exact) mass is 423 g/mol. The Hall–Kier alpha value is -3.51. The molecule has 1 unspecified atom stereocenters. The minimum atomic E-state index is -0.634. The fraction of sp³-hybridized carbons (Fsp3) is 0.409. The summed E-state index contributed by atoms with van der Waals surface area (Å²) < 4.78 is 12.8. The Morgan fingerprint density at radius 1 is 1.06 bits per heavy atom. The minimum Gasteiger partial charge on any atom is -0.506 e. The van der Waals surface area contributed by atoms with E-state index in [0.29, 0.717) is 30.4 Å². The predicted octanol–water partition coefficient (Wildman–Crippen LogP) is 2.94. The lowest BCUT2D eigenvalue weighted by atomic mass is 9.63. The third-order valence-corrected chi connectivity index (χ3v) is 6.41. The zero-order chi connectivity index (χ0) is 21.8. The molecule has 2 aromatic rings. The number of nitriles is 1. The van der Waals surface area contributed by atoms with Gasteiger partial charge in [0.25, 0.3) is 0 Å². The molecule has 9 nitrogen and oxygen atoms in total. The molecule has 1 aliphatic carbocycles. The summed E-state index contributed by atoms with van der Waals surface area (Å²) in [5, 5.41) is 40.0. The van der Waals surface area contributed by atoms with Crippen molar-refractivity contribution in [2.75, 3.05) is 19.6 Å². The van der Waals surface area contributed by atoms with Crippen molar-refractivity contribution in [3.05, 3.63) is 52.1 Å². The number of aromatic hydroxyl groups is 2. The van der Waals surface area contributed by atoms with Crippen LogP contribution in [0.1, 0.15) is 24.8 Å². The van der Waals surface area contributed by atoms with Crippen LogP contribution >= 0.6 is 0 Å². The number of nitro benzene ring substituents is 1. The van der Waals surface area contributed by atoms with Gasteiger partial charge in [-0.25, -0.2) is 0 Å². The largest absolute Gasteiger partial charge is 0.506 e. The quantitative estimate of drug-likeness (QED) is 0.555. The van der Waals surface area contributed by atoms with E-state index in [2.05, 4.69) is 4.90 Å². The minimum absolute atomic E-state index is 0.114. The fourth-order valence-electron chi connectivity index (χ4n) is 5.70. The standard InChI is InChI=1S/C22H21N3O6/c23-9-15-1-2-16(5-19(15)26)30-21-7-14-8-22(11-21,13-24(10-14)12-21)31-17-3-4-18(25(28)29)20(27)6-17/h1-6,14,26-27H,7-8,10-13H2/t14-,21-,22+/m1/s1. The lowest BCUT2D eigenvalue weighted by Gasteiger charge is -2.61. The second kappa shape index (κ2) is 6.75. The molecule has 0 amide bonds. The lowest BCUT2D eigenvalue weighted by Crippen LogP contribution is -2.72. The van der Waals surface area contributed by atoms with Crippen LogP contribution < -0.4 is 9.47 Å². The molecule has 2 aromatic carbocycles. The maximum Gasteiger partial charge on any atom is 0.310 e. The zero-order valence-corrected chi connectivity index (χ0v) is 16.7.